The van der Waals surface area contributed by atoms with Crippen LogP contribution in [0.15, 0.2) is 48.5 Å². The van der Waals surface area contributed by atoms with E-state index in [-0.39, 0.29) is 24.9 Å². The first-order valence-corrected chi connectivity index (χ1v) is 12.2. The predicted octanol–water partition coefficient (Wildman–Crippen LogP) is 4.07. The Balaban J connectivity index is 1.91. The number of hydrogen-bond acceptors (Lipinski definition) is 4. The summed E-state index contributed by atoms with van der Waals surface area (Å²) in [5.41, 5.74) is 2.87. The van der Waals surface area contributed by atoms with Gasteiger partial charge in [-0.15, -0.1) is 0 Å². The topological polar surface area (TPSA) is 75.7 Å². The van der Waals surface area contributed by atoms with Crippen molar-refractivity contribution in [2.75, 3.05) is 23.7 Å². The standard InChI is InChI=1S/C23H32N2O4S/c1-5-19-9-11-20(12-10-19)18(3)24-23(26)8-7-17-25(30(4,27)28)21-13-15-22(16-14-21)29-6-2/h9-16,18H,5-8,17H2,1-4H3,(H,24,26). The fourth-order valence-electron chi connectivity index (χ4n) is 3.18. The maximum Gasteiger partial charge on any atom is 0.232 e. The van der Waals surface area contributed by atoms with Crippen LogP contribution in [0.5, 0.6) is 5.75 Å². The Hall–Kier alpha value is -2.54. The first-order valence-electron chi connectivity index (χ1n) is 10.3. The van der Waals surface area contributed by atoms with Crippen LogP contribution < -0.4 is 14.4 Å². The highest BCUT2D eigenvalue weighted by atomic mass is 32.2. The molecule has 2 aromatic rings. The molecule has 0 bridgehead atoms. The number of rotatable bonds is 11. The molecule has 1 atom stereocenters. The van der Waals surface area contributed by atoms with E-state index in [4.69, 9.17) is 4.74 Å². The summed E-state index contributed by atoms with van der Waals surface area (Å²) in [4.78, 5) is 12.3. The number of amides is 1. The minimum atomic E-state index is -3.45. The number of carbonyl (C=O) groups is 1. The number of carbonyl (C=O) groups excluding carboxylic acids is 1. The summed E-state index contributed by atoms with van der Waals surface area (Å²) in [5, 5.41) is 2.98. The van der Waals surface area contributed by atoms with Crippen LogP contribution in [0.4, 0.5) is 5.69 Å². The molecular formula is C23H32N2O4S. The van der Waals surface area contributed by atoms with Crippen LogP contribution in [-0.2, 0) is 21.2 Å². The zero-order valence-corrected chi connectivity index (χ0v) is 19.0. The van der Waals surface area contributed by atoms with Crippen molar-refractivity contribution in [3.05, 3.63) is 59.7 Å². The lowest BCUT2D eigenvalue weighted by Crippen LogP contribution is -2.32. The van der Waals surface area contributed by atoms with Gasteiger partial charge in [-0.1, -0.05) is 31.2 Å². The maximum absolute atomic E-state index is 12.3. The molecular weight excluding hydrogens is 400 g/mol. The molecule has 0 aliphatic rings. The Morgan fingerprint density at radius 1 is 1.07 bits per heavy atom. The Kier molecular flexibility index (Phi) is 8.72. The van der Waals surface area contributed by atoms with E-state index in [2.05, 4.69) is 24.4 Å². The Bertz CT molecular complexity index is 909. The molecule has 0 heterocycles. The summed E-state index contributed by atoms with van der Waals surface area (Å²) in [6, 6.07) is 15.0. The minimum absolute atomic E-state index is 0.0952. The summed E-state index contributed by atoms with van der Waals surface area (Å²) < 4.78 is 31.2. The number of nitrogens with one attached hydrogen (secondary N) is 1. The van der Waals surface area contributed by atoms with Gasteiger partial charge in [0.2, 0.25) is 15.9 Å². The molecule has 0 aromatic heterocycles. The molecule has 0 aliphatic heterocycles. The monoisotopic (exact) mass is 432 g/mol. The Morgan fingerprint density at radius 3 is 2.23 bits per heavy atom. The fourth-order valence-corrected chi connectivity index (χ4v) is 4.15. The minimum Gasteiger partial charge on any atom is -0.494 e. The maximum atomic E-state index is 12.3. The normalized spacial score (nSPS) is 12.3. The van der Waals surface area contributed by atoms with Crippen molar-refractivity contribution in [2.45, 2.75) is 46.1 Å². The average Bonchev–Trinajstić information content (AvgIpc) is 2.71. The smallest absolute Gasteiger partial charge is 0.232 e. The molecule has 1 unspecified atom stereocenters. The van der Waals surface area contributed by atoms with Crippen molar-refractivity contribution in [2.24, 2.45) is 0 Å². The van der Waals surface area contributed by atoms with E-state index in [1.807, 2.05) is 26.0 Å². The molecule has 0 aliphatic carbocycles. The molecule has 164 valence electrons. The van der Waals surface area contributed by atoms with Gasteiger partial charge in [-0.05, 0) is 62.1 Å². The molecule has 0 saturated carbocycles. The van der Waals surface area contributed by atoms with Gasteiger partial charge in [-0.25, -0.2) is 8.42 Å². The number of aryl methyl sites for hydroxylation is 1. The van der Waals surface area contributed by atoms with E-state index < -0.39 is 10.0 Å². The first kappa shape index (κ1) is 23.7. The van der Waals surface area contributed by atoms with E-state index in [0.29, 0.717) is 24.5 Å². The highest BCUT2D eigenvalue weighted by Crippen LogP contribution is 2.22. The molecule has 1 amide bonds. The van der Waals surface area contributed by atoms with Gasteiger partial charge in [0, 0.05) is 13.0 Å². The van der Waals surface area contributed by atoms with Gasteiger partial charge in [-0.3, -0.25) is 9.10 Å². The number of ether oxygens (including phenoxy) is 1. The number of nitrogens with zero attached hydrogens (tertiary/aromatic N) is 1. The Labute approximate surface area is 180 Å². The Morgan fingerprint density at radius 2 is 1.70 bits per heavy atom. The molecule has 0 spiro atoms. The van der Waals surface area contributed by atoms with Gasteiger partial charge in [0.25, 0.3) is 0 Å². The van der Waals surface area contributed by atoms with E-state index in [1.165, 1.54) is 16.1 Å². The van der Waals surface area contributed by atoms with Gasteiger partial charge in [0.05, 0.1) is 24.6 Å². The summed E-state index contributed by atoms with van der Waals surface area (Å²) in [5.74, 6) is 0.595. The third kappa shape index (κ3) is 7.06. The van der Waals surface area contributed by atoms with Crippen molar-refractivity contribution in [1.82, 2.24) is 5.32 Å². The van der Waals surface area contributed by atoms with Gasteiger partial charge < -0.3 is 10.1 Å². The first-order chi connectivity index (χ1) is 14.2. The van der Waals surface area contributed by atoms with Crippen LogP contribution in [-0.4, -0.2) is 33.7 Å². The van der Waals surface area contributed by atoms with Crippen LogP contribution in [0.2, 0.25) is 0 Å². The second-order valence-corrected chi connectivity index (χ2v) is 9.16. The van der Waals surface area contributed by atoms with Crippen molar-refractivity contribution >= 4 is 21.6 Å². The zero-order chi connectivity index (χ0) is 22.1. The van der Waals surface area contributed by atoms with E-state index >= 15 is 0 Å². The summed E-state index contributed by atoms with van der Waals surface area (Å²) >= 11 is 0. The van der Waals surface area contributed by atoms with Crippen LogP contribution in [0.25, 0.3) is 0 Å². The van der Waals surface area contributed by atoms with Gasteiger partial charge >= 0.3 is 0 Å². The highest BCUT2D eigenvalue weighted by molar-refractivity contribution is 7.92. The third-order valence-electron chi connectivity index (χ3n) is 4.87. The van der Waals surface area contributed by atoms with E-state index in [1.54, 1.807) is 24.3 Å². The van der Waals surface area contributed by atoms with Crippen LogP contribution in [0, 0.1) is 0 Å². The zero-order valence-electron chi connectivity index (χ0n) is 18.2. The second kappa shape index (κ2) is 11.0. The molecule has 0 fully saturated rings. The lowest BCUT2D eigenvalue weighted by atomic mass is 10.0. The number of benzene rings is 2. The quantitative estimate of drug-likeness (QED) is 0.581. The number of anilines is 1. The summed E-state index contributed by atoms with van der Waals surface area (Å²) in [6.07, 6.45) is 2.83. The van der Waals surface area contributed by atoms with Gasteiger partial charge in [0.15, 0.2) is 0 Å². The van der Waals surface area contributed by atoms with Crippen molar-refractivity contribution < 1.29 is 17.9 Å². The second-order valence-electron chi connectivity index (χ2n) is 7.25. The number of sulfonamides is 1. The molecule has 0 radical (unpaired) electrons. The van der Waals surface area contributed by atoms with Crippen LogP contribution >= 0.6 is 0 Å². The van der Waals surface area contributed by atoms with Gasteiger partial charge in [-0.2, -0.15) is 0 Å². The molecule has 7 heteroatoms. The van der Waals surface area contributed by atoms with Crippen molar-refractivity contribution in [3.8, 4) is 5.75 Å². The van der Waals surface area contributed by atoms with Crippen LogP contribution in [0.1, 0.15) is 50.8 Å². The van der Waals surface area contributed by atoms with E-state index in [9.17, 15) is 13.2 Å². The van der Waals surface area contributed by atoms with Gasteiger partial charge in [0.1, 0.15) is 5.75 Å². The largest absolute Gasteiger partial charge is 0.494 e. The summed E-state index contributed by atoms with van der Waals surface area (Å²) in [7, 11) is -3.45. The molecule has 6 nitrogen and oxygen atoms in total. The SMILES string of the molecule is CCOc1ccc(N(CCCC(=O)NC(C)c2ccc(CC)cc2)S(C)(=O)=O)cc1. The van der Waals surface area contributed by atoms with Crippen LogP contribution in [0.3, 0.4) is 0 Å². The predicted molar refractivity (Wildman–Crippen MR) is 121 cm³/mol. The lowest BCUT2D eigenvalue weighted by molar-refractivity contribution is -0.121. The number of hydrogen-bond donors (Lipinski definition) is 1. The van der Waals surface area contributed by atoms with E-state index in [0.717, 1.165) is 12.0 Å². The molecule has 0 saturated heterocycles. The van der Waals surface area contributed by atoms with Crippen molar-refractivity contribution in [3.63, 3.8) is 0 Å². The van der Waals surface area contributed by atoms with Crippen molar-refractivity contribution in [1.29, 1.82) is 0 Å². The molecule has 2 rings (SSSR count). The third-order valence-corrected chi connectivity index (χ3v) is 6.06. The lowest BCUT2D eigenvalue weighted by Gasteiger charge is -2.23. The molecule has 30 heavy (non-hydrogen) atoms. The summed E-state index contributed by atoms with van der Waals surface area (Å²) in [6.45, 7) is 6.73. The average molecular weight is 433 g/mol. The molecule has 2 aromatic carbocycles. The molecule has 1 N–H and O–H groups in total. The fraction of sp³-hybridized carbons (Fsp3) is 0.435. The highest BCUT2D eigenvalue weighted by Gasteiger charge is 2.18.